The summed E-state index contributed by atoms with van der Waals surface area (Å²) in [5, 5.41) is 0. The predicted molar refractivity (Wildman–Crippen MR) is 65.9 cm³/mol. The highest BCUT2D eigenvalue weighted by molar-refractivity contribution is 5.29. The number of hydrogen-bond acceptors (Lipinski definition) is 0. The molecule has 1 atom stereocenters. The Hall–Kier alpha value is -1.30. The summed E-state index contributed by atoms with van der Waals surface area (Å²) in [6, 6.07) is 10.8. The SMILES string of the molecule is CCC1=CCCC(c2ccccc2)C=C1. The summed E-state index contributed by atoms with van der Waals surface area (Å²) in [6.07, 6.45) is 10.6. The Morgan fingerprint density at radius 1 is 1.20 bits per heavy atom. The summed E-state index contributed by atoms with van der Waals surface area (Å²) in [6.45, 7) is 2.22. The highest BCUT2D eigenvalue weighted by atomic mass is 14.1. The van der Waals surface area contributed by atoms with Gasteiger partial charge in [-0.05, 0) is 24.8 Å². The van der Waals surface area contributed by atoms with Gasteiger partial charge in [0.05, 0.1) is 0 Å². The van der Waals surface area contributed by atoms with Gasteiger partial charge in [0.25, 0.3) is 0 Å². The van der Waals surface area contributed by atoms with Crippen LogP contribution in [0.3, 0.4) is 0 Å². The topological polar surface area (TPSA) is 0 Å². The van der Waals surface area contributed by atoms with Gasteiger partial charge in [0.15, 0.2) is 0 Å². The van der Waals surface area contributed by atoms with Crippen LogP contribution in [0.15, 0.2) is 54.1 Å². The highest BCUT2D eigenvalue weighted by Gasteiger charge is 2.08. The Morgan fingerprint density at radius 3 is 2.73 bits per heavy atom. The second-order valence-corrected chi connectivity index (χ2v) is 4.09. The van der Waals surface area contributed by atoms with Crippen LogP contribution in [0, 0.1) is 0 Å². The largest absolute Gasteiger partial charge is 0.0813 e. The molecule has 1 unspecified atom stereocenters. The van der Waals surface area contributed by atoms with E-state index in [0.29, 0.717) is 5.92 Å². The molecule has 0 spiro atoms. The molecule has 0 nitrogen and oxygen atoms in total. The fourth-order valence-corrected chi connectivity index (χ4v) is 2.09. The van der Waals surface area contributed by atoms with Gasteiger partial charge < -0.3 is 0 Å². The first-order chi connectivity index (χ1) is 7.40. The standard InChI is InChI=1S/C15H18/c1-2-13-7-6-10-15(12-11-13)14-8-4-3-5-9-14/h3-5,7-9,11-12,15H,2,6,10H2,1H3. The smallest absolute Gasteiger partial charge is 0.00241 e. The molecule has 0 saturated heterocycles. The summed E-state index contributed by atoms with van der Waals surface area (Å²) in [7, 11) is 0. The van der Waals surface area contributed by atoms with Crippen LogP contribution in [0.1, 0.15) is 37.7 Å². The van der Waals surface area contributed by atoms with Crippen molar-refractivity contribution in [1.82, 2.24) is 0 Å². The summed E-state index contributed by atoms with van der Waals surface area (Å²) in [5.74, 6) is 0.603. The van der Waals surface area contributed by atoms with Gasteiger partial charge in [-0.1, -0.05) is 61.1 Å². The van der Waals surface area contributed by atoms with E-state index in [2.05, 4.69) is 55.5 Å². The van der Waals surface area contributed by atoms with E-state index in [4.69, 9.17) is 0 Å². The van der Waals surface area contributed by atoms with Crippen molar-refractivity contribution in [2.45, 2.75) is 32.1 Å². The molecule has 2 rings (SSSR count). The quantitative estimate of drug-likeness (QED) is 0.658. The molecule has 0 radical (unpaired) electrons. The maximum atomic E-state index is 2.37. The Balaban J connectivity index is 2.14. The maximum Gasteiger partial charge on any atom is 0.00241 e. The normalized spacial score (nSPS) is 20.9. The zero-order valence-corrected chi connectivity index (χ0v) is 9.32. The van der Waals surface area contributed by atoms with E-state index >= 15 is 0 Å². The van der Waals surface area contributed by atoms with Crippen LogP contribution in [0.4, 0.5) is 0 Å². The van der Waals surface area contributed by atoms with Crippen molar-refractivity contribution in [3.8, 4) is 0 Å². The number of hydrogen-bond donors (Lipinski definition) is 0. The van der Waals surface area contributed by atoms with Gasteiger partial charge in [0.1, 0.15) is 0 Å². The third kappa shape index (κ3) is 2.59. The molecular formula is C15H18. The lowest BCUT2D eigenvalue weighted by Gasteiger charge is -2.10. The van der Waals surface area contributed by atoms with E-state index in [9.17, 15) is 0 Å². The average molecular weight is 198 g/mol. The van der Waals surface area contributed by atoms with E-state index in [0.717, 1.165) is 6.42 Å². The van der Waals surface area contributed by atoms with Gasteiger partial charge in [0, 0.05) is 5.92 Å². The van der Waals surface area contributed by atoms with Crippen molar-refractivity contribution < 1.29 is 0 Å². The Labute approximate surface area is 92.3 Å². The van der Waals surface area contributed by atoms with Gasteiger partial charge in [-0.3, -0.25) is 0 Å². The molecule has 0 aromatic heterocycles. The fraction of sp³-hybridized carbons (Fsp3) is 0.333. The van der Waals surface area contributed by atoms with Crippen molar-refractivity contribution in [1.29, 1.82) is 0 Å². The second kappa shape index (κ2) is 4.97. The molecule has 0 fully saturated rings. The van der Waals surface area contributed by atoms with Gasteiger partial charge in [-0.2, -0.15) is 0 Å². The lowest BCUT2D eigenvalue weighted by molar-refractivity contribution is 0.755. The Kier molecular flexibility index (Phi) is 3.39. The lowest BCUT2D eigenvalue weighted by Crippen LogP contribution is -1.92. The number of rotatable bonds is 2. The highest BCUT2D eigenvalue weighted by Crippen LogP contribution is 2.26. The second-order valence-electron chi connectivity index (χ2n) is 4.09. The molecule has 0 bridgehead atoms. The van der Waals surface area contributed by atoms with E-state index in [1.165, 1.54) is 24.0 Å². The zero-order chi connectivity index (χ0) is 10.5. The Morgan fingerprint density at radius 2 is 2.00 bits per heavy atom. The molecule has 1 aromatic carbocycles. The van der Waals surface area contributed by atoms with Crippen LogP contribution in [0.25, 0.3) is 0 Å². The molecule has 0 heteroatoms. The lowest BCUT2D eigenvalue weighted by atomic mass is 9.95. The minimum atomic E-state index is 0.603. The molecule has 78 valence electrons. The van der Waals surface area contributed by atoms with Crippen LogP contribution >= 0.6 is 0 Å². The fourth-order valence-electron chi connectivity index (χ4n) is 2.09. The first-order valence-corrected chi connectivity index (χ1v) is 5.82. The van der Waals surface area contributed by atoms with Gasteiger partial charge in [0.2, 0.25) is 0 Å². The molecule has 0 N–H and O–H groups in total. The van der Waals surface area contributed by atoms with E-state index in [1.807, 2.05) is 0 Å². The van der Waals surface area contributed by atoms with Crippen LogP contribution in [-0.2, 0) is 0 Å². The molecule has 0 amide bonds. The number of benzene rings is 1. The molecule has 0 saturated carbocycles. The van der Waals surface area contributed by atoms with Crippen LogP contribution in [0.2, 0.25) is 0 Å². The molecule has 0 aliphatic heterocycles. The molecule has 15 heavy (non-hydrogen) atoms. The first-order valence-electron chi connectivity index (χ1n) is 5.82. The predicted octanol–water partition coefficient (Wildman–Crippen LogP) is 4.46. The van der Waals surface area contributed by atoms with Crippen molar-refractivity contribution in [2.75, 3.05) is 0 Å². The molecule has 1 aliphatic rings. The first kappa shape index (κ1) is 10.2. The summed E-state index contributed by atoms with van der Waals surface area (Å²) in [4.78, 5) is 0. The third-order valence-corrected chi connectivity index (χ3v) is 3.06. The maximum absolute atomic E-state index is 2.37. The van der Waals surface area contributed by atoms with Crippen LogP contribution in [-0.4, -0.2) is 0 Å². The number of allylic oxidation sites excluding steroid dienone is 4. The summed E-state index contributed by atoms with van der Waals surface area (Å²) >= 11 is 0. The van der Waals surface area contributed by atoms with Gasteiger partial charge in [-0.15, -0.1) is 0 Å². The van der Waals surface area contributed by atoms with Crippen molar-refractivity contribution in [3.63, 3.8) is 0 Å². The molecule has 0 heterocycles. The van der Waals surface area contributed by atoms with Crippen LogP contribution in [0.5, 0.6) is 0 Å². The monoisotopic (exact) mass is 198 g/mol. The third-order valence-electron chi connectivity index (χ3n) is 3.06. The zero-order valence-electron chi connectivity index (χ0n) is 9.32. The Bertz CT molecular complexity index is 357. The minimum Gasteiger partial charge on any atom is -0.0813 e. The van der Waals surface area contributed by atoms with E-state index < -0.39 is 0 Å². The van der Waals surface area contributed by atoms with Gasteiger partial charge in [-0.25, -0.2) is 0 Å². The van der Waals surface area contributed by atoms with Crippen LogP contribution < -0.4 is 0 Å². The van der Waals surface area contributed by atoms with Crippen molar-refractivity contribution >= 4 is 0 Å². The average Bonchev–Trinajstić information content (AvgIpc) is 2.55. The summed E-state index contributed by atoms with van der Waals surface area (Å²) < 4.78 is 0. The minimum absolute atomic E-state index is 0.603. The van der Waals surface area contributed by atoms with Crippen molar-refractivity contribution in [3.05, 3.63) is 59.7 Å². The van der Waals surface area contributed by atoms with Gasteiger partial charge >= 0.3 is 0 Å². The molecule has 1 aliphatic carbocycles. The van der Waals surface area contributed by atoms with E-state index in [1.54, 1.807) is 0 Å². The molecular weight excluding hydrogens is 180 g/mol. The molecule has 1 aromatic rings. The van der Waals surface area contributed by atoms with E-state index in [-0.39, 0.29) is 0 Å². The summed E-state index contributed by atoms with van der Waals surface area (Å²) in [5.41, 5.74) is 2.92. The van der Waals surface area contributed by atoms with Crippen molar-refractivity contribution in [2.24, 2.45) is 0 Å².